The molecule has 2 fully saturated rings. The first-order valence-electron chi connectivity index (χ1n) is 6.20. The van der Waals surface area contributed by atoms with E-state index in [1.165, 1.54) is 0 Å². The first-order chi connectivity index (χ1) is 7.45. The highest BCUT2D eigenvalue weighted by Crippen LogP contribution is 2.39. The summed E-state index contributed by atoms with van der Waals surface area (Å²) in [5.41, 5.74) is 0.107. The van der Waals surface area contributed by atoms with Crippen LogP contribution in [-0.4, -0.2) is 43.2 Å². The Bertz CT molecular complexity index is 265. The highest BCUT2D eigenvalue weighted by atomic mass is 16.2. The minimum absolute atomic E-state index is 0.0115. The van der Waals surface area contributed by atoms with Crippen molar-refractivity contribution in [3.63, 3.8) is 0 Å². The first kappa shape index (κ1) is 13.3. The Morgan fingerprint density at radius 3 is 2.38 bits per heavy atom. The van der Waals surface area contributed by atoms with E-state index >= 15 is 0 Å². The molecule has 16 heavy (non-hydrogen) atoms. The zero-order chi connectivity index (χ0) is 12.4. The van der Waals surface area contributed by atoms with Gasteiger partial charge >= 0.3 is 6.03 Å². The molecule has 2 saturated heterocycles. The van der Waals surface area contributed by atoms with Crippen molar-refractivity contribution in [3.05, 3.63) is 0 Å². The van der Waals surface area contributed by atoms with Gasteiger partial charge in [0.1, 0.15) is 0 Å². The normalized spacial score (nSPS) is 32.7. The van der Waals surface area contributed by atoms with E-state index in [9.17, 15) is 4.79 Å². The van der Waals surface area contributed by atoms with E-state index in [0.29, 0.717) is 0 Å². The van der Waals surface area contributed by atoms with Crippen molar-refractivity contribution >= 4 is 6.03 Å². The van der Waals surface area contributed by atoms with Crippen LogP contribution in [0.15, 0.2) is 0 Å². The number of hydrogen-bond donors (Lipinski definition) is 2. The summed E-state index contributed by atoms with van der Waals surface area (Å²) >= 11 is 0. The Morgan fingerprint density at radius 1 is 1.31 bits per heavy atom. The van der Waals surface area contributed by atoms with E-state index in [-0.39, 0.29) is 17.0 Å². The fraction of sp³-hybridized carbons (Fsp3) is 0.917. The number of nitrogens with one attached hydrogen (secondary N) is 2. The van der Waals surface area contributed by atoms with E-state index in [4.69, 9.17) is 0 Å². The van der Waals surface area contributed by atoms with Crippen molar-refractivity contribution in [1.29, 1.82) is 0 Å². The molecule has 4 nitrogen and oxygen atoms in total. The van der Waals surface area contributed by atoms with Crippen LogP contribution in [0.25, 0.3) is 0 Å². The smallest absolute Gasteiger partial charge is 0.315 e. The third-order valence-electron chi connectivity index (χ3n) is 3.78. The summed E-state index contributed by atoms with van der Waals surface area (Å²) in [6, 6.07) is -0.0115. The van der Waals surface area contributed by atoms with Gasteiger partial charge in [-0.3, -0.25) is 0 Å². The number of urea groups is 1. The van der Waals surface area contributed by atoms with Gasteiger partial charge in [-0.1, -0.05) is 27.7 Å². The number of rotatable bonds is 0. The van der Waals surface area contributed by atoms with Gasteiger partial charge in [0.05, 0.1) is 5.54 Å². The van der Waals surface area contributed by atoms with Gasteiger partial charge in [-0.25, -0.2) is 4.79 Å². The summed E-state index contributed by atoms with van der Waals surface area (Å²) in [5.74, 6) is 0. The summed E-state index contributed by atoms with van der Waals surface area (Å²) in [4.78, 5) is 13.6. The molecule has 0 aromatic heterocycles. The minimum atomic E-state index is -0.0312. The number of amides is 2. The van der Waals surface area contributed by atoms with E-state index in [2.05, 4.69) is 36.4 Å². The SMILES string of the molecule is CC.CN1CCC2(CNC(=O)N2)C(C)(C)C1. The van der Waals surface area contributed by atoms with Crippen LogP contribution < -0.4 is 10.6 Å². The van der Waals surface area contributed by atoms with Gasteiger partial charge in [-0.2, -0.15) is 0 Å². The summed E-state index contributed by atoms with van der Waals surface area (Å²) in [6.45, 7) is 11.3. The van der Waals surface area contributed by atoms with E-state index in [0.717, 1.165) is 26.1 Å². The van der Waals surface area contributed by atoms with Gasteiger partial charge in [-0.15, -0.1) is 0 Å². The van der Waals surface area contributed by atoms with Crippen LogP contribution in [0.2, 0.25) is 0 Å². The average molecular weight is 227 g/mol. The predicted molar refractivity (Wildman–Crippen MR) is 66.5 cm³/mol. The highest BCUT2D eigenvalue weighted by molar-refractivity contribution is 5.77. The minimum Gasteiger partial charge on any atom is -0.336 e. The lowest BCUT2D eigenvalue weighted by Gasteiger charge is -2.50. The van der Waals surface area contributed by atoms with Crippen molar-refractivity contribution in [2.24, 2.45) is 5.41 Å². The number of nitrogens with zero attached hydrogens (tertiary/aromatic N) is 1. The molecule has 2 rings (SSSR count). The molecular weight excluding hydrogens is 202 g/mol. The molecule has 0 radical (unpaired) electrons. The summed E-state index contributed by atoms with van der Waals surface area (Å²) < 4.78 is 0. The van der Waals surface area contributed by atoms with Gasteiger partial charge < -0.3 is 15.5 Å². The molecule has 1 spiro atoms. The monoisotopic (exact) mass is 227 g/mol. The summed E-state index contributed by atoms with van der Waals surface area (Å²) in [5, 5.41) is 5.99. The third-order valence-corrected chi connectivity index (χ3v) is 3.78. The van der Waals surface area contributed by atoms with E-state index in [1.807, 2.05) is 13.8 Å². The molecule has 4 heteroatoms. The fourth-order valence-corrected chi connectivity index (χ4v) is 2.72. The second kappa shape index (κ2) is 4.62. The van der Waals surface area contributed by atoms with Gasteiger partial charge in [0.15, 0.2) is 0 Å². The van der Waals surface area contributed by atoms with Crippen molar-refractivity contribution in [1.82, 2.24) is 15.5 Å². The lowest BCUT2D eigenvalue weighted by atomic mass is 9.68. The van der Waals surface area contributed by atoms with E-state index < -0.39 is 0 Å². The predicted octanol–water partition coefficient (Wildman–Crippen LogP) is 1.43. The first-order valence-corrected chi connectivity index (χ1v) is 6.20. The third kappa shape index (κ3) is 2.17. The molecule has 0 aromatic carbocycles. The quantitative estimate of drug-likeness (QED) is 0.657. The average Bonchev–Trinajstić information content (AvgIpc) is 2.60. The zero-order valence-corrected chi connectivity index (χ0v) is 11.2. The maximum Gasteiger partial charge on any atom is 0.315 e. The molecule has 2 N–H and O–H groups in total. The second-order valence-electron chi connectivity index (χ2n) is 5.26. The lowest BCUT2D eigenvalue weighted by molar-refractivity contribution is 0.0416. The summed E-state index contributed by atoms with van der Waals surface area (Å²) in [7, 11) is 2.14. The maximum atomic E-state index is 11.2. The van der Waals surface area contributed by atoms with Crippen LogP contribution in [0.1, 0.15) is 34.1 Å². The molecular formula is C12H25N3O. The van der Waals surface area contributed by atoms with Gasteiger partial charge in [-0.05, 0) is 13.5 Å². The van der Waals surface area contributed by atoms with Crippen molar-refractivity contribution < 1.29 is 4.79 Å². The Kier molecular flexibility index (Phi) is 3.84. The number of hydrogen-bond acceptors (Lipinski definition) is 2. The standard InChI is InChI=1S/C10H19N3O.C2H6/c1-9(2)7-13(3)5-4-10(9)6-11-8(14)12-10;1-2/h4-7H2,1-3H3,(H2,11,12,14);1-2H3. The Morgan fingerprint density at radius 2 is 1.94 bits per heavy atom. The second-order valence-corrected chi connectivity index (χ2v) is 5.26. The van der Waals surface area contributed by atoms with Gasteiger partial charge in [0, 0.05) is 25.0 Å². The largest absolute Gasteiger partial charge is 0.336 e. The number of carbonyl (C=O) groups excluding carboxylic acids is 1. The van der Waals surface area contributed by atoms with E-state index in [1.54, 1.807) is 0 Å². The molecule has 0 aliphatic carbocycles. The van der Waals surface area contributed by atoms with Crippen molar-refractivity contribution in [2.45, 2.75) is 39.7 Å². The molecule has 2 heterocycles. The molecule has 1 unspecified atom stereocenters. The molecule has 0 saturated carbocycles. The molecule has 94 valence electrons. The zero-order valence-electron chi connectivity index (χ0n) is 11.2. The highest BCUT2D eigenvalue weighted by Gasteiger charge is 2.51. The molecule has 1 atom stereocenters. The lowest BCUT2D eigenvalue weighted by Crippen LogP contribution is -2.63. The van der Waals surface area contributed by atoms with Gasteiger partial charge in [0.25, 0.3) is 0 Å². The molecule has 0 aromatic rings. The van der Waals surface area contributed by atoms with Gasteiger partial charge in [0.2, 0.25) is 0 Å². The molecule has 0 bridgehead atoms. The van der Waals surface area contributed by atoms with Crippen LogP contribution in [-0.2, 0) is 0 Å². The fourth-order valence-electron chi connectivity index (χ4n) is 2.72. The topological polar surface area (TPSA) is 44.4 Å². The molecule has 2 aliphatic heterocycles. The molecule has 2 amide bonds. The van der Waals surface area contributed by atoms with Crippen LogP contribution >= 0.6 is 0 Å². The molecule has 2 aliphatic rings. The number of carbonyl (C=O) groups is 1. The number of likely N-dealkylation sites (tertiary alicyclic amines) is 1. The Balaban J connectivity index is 0.000000606. The van der Waals surface area contributed by atoms with Crippen molar-refractivity contribution in [3.8, 4) is 0 Å². The maximum absolute atomic E-state index is 11.2. The van der Waals surface area contributed by atoms with Crippen LogP contribution in [0.4, 0.5) is 4.79 Å². The van der Waals surface area contributed by atoms with Crippen LogP contribution in [0.3, 0.4) is 0 Å². The number of piperidine rings is 1. The Hall–Kier alpha value is -0.770. The van der Waals surface area contributed by atoms with Crippen LogP contribution in [0.5, 0.6) is 0 Å². The Labute approximate surface area is 98.8 Å². The summed E-state index contributed by atoms with van der Waals surface area (Å²) in [6.07, 6.45) is 1.04. The van der Waals surface area contributed by atoms with Crippen molar-refractivity contribution in [2.75, 3.05) is 26.7 Å². The van der Waals surface area contributed by atoms with Crippen LogP contribution in [0, 0.1) is 5.41 Å².